The third-order valence-electron chi connectivity index (χ3n) is 6.04. The molecule has 29 heavy (non-hydrogen) atoms. The molecule has 1 atom stereocenters. The highest BCUT2D eigenvalue weighted by Gasteiger charge is 2.48. The highest BCUT2D eigenvalue weighted by Crippen LogP contribution is 2.41. The van der Waals surface area contributed by atoms with E-state index in [2.05, 4.69) is 20.9 Å². The number of hydrogen-bond acceptors (Lipinski definition) is 6. The molecule has 2 aliphatic heterocycles. The summed E-state index contributed by atoms with van der Waals surface area (Å²) < 4.78 is 10.3. The number of nitrogens with zero attached hydrogens (tertiary/aromatic N) is 4. The molecule has 0 aliphatic carbocycles. The number of amides is 1. The van der Waals surface area contributed by atoms with E-state index in [0.29, 0.717) is 18.5 Å². The summed E-state index contributed by atoms with van der Waals surface area (Å²) >= 11 is 0. The second-order valence-electron chi connectivity index (χ2n) is 8.00. The van der Waals surface area contributed by atoms with E-state index in [1.807, 2.05) is 23.1 Å². The molecule has 0 N–H and O–H groups in total. The third-order valence-corrected chi connectivity index (χ3v) is 6.04. The number of likely N-dealkylation sites (tertiary alicyclic amines) is 2. The van der Waals surface area contributed by atoms with Gasteiger partial charge in [-0.05, 0) is 43.5 Å². The van der Waals surface area contributed by atoms with Crippen molar-refractivity contribution in [3.8, 4) is 11.8 Å². The van der Waals surface area contributed by atoms with Crippen molar-refractivity contribution in [3.63, 3.8) is 0 Å². The van der Waals surface area contributed by atoms with Gasteiger partial charge in [0, 0.05) is 44.1 Å². The summed E-state index contributed by atoms with van der Waals surface area (Å²) in [4.78, 5) is 26.2. The predicted octanol–water partition coefficient (Wildman–Crippen LogP) is 2.51. The number of carbonyl (C=O) groups is 1. The van der Waals surface area contributed by atoms with Gasteiger partial charge in [0.15, 0.2) is 0 Å². The molecule has 1 aromatic heterocycles. The van der Waals surface area contributed by atoms with Crippen LogP contribution >= 0.6 is 0 Å². The van der Waals surface area contributed by atoms with Crippen LogP contribution in [0.2, 0.25) is 0 Å². The molecular formula is C22H28N4O3. The maximum Gasteiger partial charge on any atom is 0.316 e. The molecule has 0 radical (unpaired) electrons. The highest BCUT2D eigenvalue weighted by molar-refractivity contribution is 5.84. The van der Waals surface area contributed by atoms with Crippen LogP contribution < -0.4 is 9.47 Å². The van der Waals surface area contributed by atoms with Crippen LogP contribution in [0.25, 0.3) is 0 Å². The van der Waals surface area contributed by atoms with E-state index in [0.717, 1.165) is 62.3 Å². The second kappa shape index (κ2) is 8.37. The van der Waals surface area contributed by atoms with E-state index in [-0.39, 0.29) is 5.41 Å². The Morgan fingerprint density at radius 1 is 1.03 bits per heavy atom. The Labute approximate surface area is 171 Å². The zero-order valence-electron chi connectivity index (χ0n) is 17.1. The minimum atomic E-state index is -0.259. The molecule has 0 bridgehead atoms. The first-order chi connectivity index (χ1) is 14.1. The molecule has 4 rings (SSSR count). The summed E-state index contributed by atoms with van der Waals surface area (Å²) in [7, 11) is 3.23. The number of benzene rings is 1. The Balaban J connectivity index is 1.41. The van der Waals surface area contributed by atoms with E-state index in [1.54, 1.807) is 26.6 Å². The number of aromatic nitrogens is 2. The normalized spacial score (nSPS) is 22.3. The highest BCUT2D eigenvalue weighted by atomic mass is 16.5. The monoisotopic (exact) mass is 396 g/mol. The number of methoxy groups -OCH3 is 2. The van der Waals surface area contributed by atoms with Gasteiger partial charge < -0.3 is 14.4 Å². The molecular weight excluding hydrogens is 368 g/mol. The first-order valence-electron chi connectivity index (χ1n) is 10.1. The standard InChI is InChI=1S/C22H28N4O3/c1-28-19-6-3-5-17(11-19)15-26-9-4-7-22(20(26)27)8-10-25(16-22)14-18-12-23-21(29-2)24-13-18/h3,5-6,11-13H,4,7-10,14-16H2,1-2H3. The van der Waals surface area contributed by atoms with Crippen molar-refractivity contribution >= 4 is 5.91 Å². The summed E-state index contributed by atoms with van der Waals surface area (Å²) in [6.07, 6.45) is 6.53. The fourth-order valence-electron chi connectivity index (χ4n) is 4.55. The van der Waals surface area contributed by atoms with E-state index in [4.69, 9.17) is 9.47 Å². The van der Waals surface area contributed by atoms with Gasteiger partial charge in [0.2, 0.25) is 5.91 Å². The lowest BCUT2D eigenvalue weighted by molar-refractivity contribution is -0.146. The Bertz CT molecular complexity index is 857. The maximum absolute atomic E-state index is 13.4. The van der Waals surface area contributed by atoms with Gasteiger partial charge in [-0.1, -0.05) is 12.1 Å². The topological polar surface area (TPSA) is 67.8 Å². The molecule has 154 valence electrons. The summed E-state index contributed by atoms with van der Waals surface area (Å²) in [5.41, 5.74) is 1.89. The first kappa shape index (κ1) is 19.6. The number of hydrogen-bond donors (Lipinski definition) is 0. The average Bonchev–Trinajstić information content (AvgIpc) is 3.15. The summed E-state index contributed by atoms with van der Waals surface area (Å²) in [5.74, 6) is 1.12. The lowest BCUT2D eigenvalue weighted by atomic mass is 9.78. The smallest absolute Gasteiger partial charge is 0.316 e. The Morgan fingerprint density at radius 3 is 2.62 bits per heavy atom. The van der Waals surface area contributed by atoms with Crippen molar-refractivity contribution < 1.29 is 14.3 Å². The number of rotatable bonds is 6. The van der Waals surface area contributed by atoms with Gasteiger partial charge in [0.25, 0.3) is 0 Å². The van der Waals surface area contributed by atoms with Crippen molar-refractivity contribution in [2.45, 2.75) is 32.4 Å². The molecule has 1 spiro atoms. The van der Waals surface area contributed by atoms with Gasteiger partial charge in [-0.2, -0.15) is 0 Å². The molecule has 0 saturated carbocycles. The van der Waals surface area contributed by atoms with Crippen LogP contribution in [0, 0.1) is 5.41 Å². The van der Waals surface area contributed by atoms with Gasteiger partial charge in [0.05, 0.1) is 19.6 Å². The lowest BCUT2D eigenvalue weighted by Crippen LogP contribution is -2.49. The van der Waals surface area contributed by atoms with Gasteiger partial charge in [-0.3, -0.25) is 9.69 Å². The molecule has 7 heteroatoms. The molecule has 1 amide bonds. The van der Waals surface area contributed by atoms with Gasteiger partial charge in [0.1, 0.15) is 5.75 Å². The zero-order chi connectivity index (χ0) is 20.3. The van der Waals surface area contributed by atoms with Crippen LogP contribution in [-0.4, -0.2) is 59.5 Å². The van der Waals surface area contributed by atoms with Gasteiger partial charge in [-0.25, -0.2) is 9.97 Å². The number of ether oxygens (including phenoxy) is 2. The van der Waals surface area contributed by atoms with Crippen molar-refractivity contribution in [2.75, 3.05) is 33.9 Å². The molecule has 2 fully saturated rings. The van der Waals surface area contributed by atoms with Crippen LogP contribution in [0.15, 0.2) is 36.7 Å². The quantitative estimate of drug-likeness (QED) is 0.747. The van der Waals surface area contributed by atoms with Crippen LogP contribution in [0.5, 0.6) is 11.8 Å². The summed E-state index contributed by atoms with van der Waals surface area (Å²) in [5, 5.41) is 0. The molecule has 1 aromatic carbocycles. The first-order valence-corrected chi connectivity index (χ1v) is 10.1. The molecule has 3 heterocycles. The molecule has 2 aromatic rings. The maximum atomic E-state index is 13.4. The van der Waals surface area contributed by atoms with Crippen molar-refractivity contribution in [1.82, 2.24) is 19.8 Å². The Morgan fingerprint density at radius 2 is 1.86 bits per heavy atom. The van der Waals surface area contributed by atoms with Crippen molar-refractivity contribution in [2.24, 2.45) is 5.41 Å². The Hall–Kier alpha value is -2.67. The third kappa shape index (κ3) is 4.19. The van der Waals surface area contributed by atoms with Crippen molar-refractivity contribution in [3.05, 3.63) is 47.8 Å². The molecule has 2 saturated heterocycles. The molecule has 2 aliphatic rings. The number of piperidine rings is 1. The van der Waals surface area contributed by atoms with Crippen LogP contribution in [0.4, 0.5) is 0 Å². The van der Waals surface area contributed by atoms with Gasteiger partial charge in [-0.15, -0.1) is 0 Å². The molecule has 7 nitrogen and oxygen atoms in total. The van der Waals surface area contributed by atoms with E-state index >= 15 is 0 Å². The van der Waals surface area contributed by atoms with Crippen LogP contribution in [-0.2, 0) is 17.9 Å². The number of carbonyl (C=O) groups excluding carboxylic acids is 1. The summed E-state index contributed by atoms with van der Waals surface area (Å²) in [6, 6.07) is 8.36. The Kier molecular flexibility index (Phi) is 5.67. The largest absolute Gasteiger partial charge is 0.497 e. The summed E-state index contributed by atoms with van der Waals surface area (Å²) in [6.45, 7) is 3.94. The minimum absolute atomic E-state index is 0.259. The predicted molar refractivity (Wildman–Crippen MR) is 109 cm³/mol. The minimum Gasteiger partial charge on any atom is -0.497 e. The second-order valence-corrected chi connectivity index (χ2v) is 8.00. The lowest BCUT2D eigenvalue weighted by Gasteiger charge is -2.39. The van der Waals surface area contributed by atoms with Crippen LogP contribution in [0.1, 0.15) is 30.4 Å². The molecule has 1 unspecified atom stereocenters. The zero-order valence-corrected chi connectivity index (χ0v) is 17.1. The average molecular weight is 396 g/mol. The van der Waals surface area contributed by atoms with Crippen molar-refractivity contribution in [1.29, 1.82) is 0 Å². The fraction of sp³-hybridized carbons (Fsp3) is 0.500. The SMILES string of the molecule is COc1cccc(CN2CCCC3(CCN(Cc4cnc(OC)nc4)C3)C2=O)c1. The fourth-order valence-corrected chi connectivity index (χ4v) is 4.55. The van der Waals surface area contributed by atoms with Gasteiger partial charge >= 0.3 is 6.01 Å². The van der Waals surface area contributed by atoms with Crippen LogP contribution in [0.3, 0.4) is 0 Å². The van der Waals surface area contributed by atoms with E-state index in [1.165, 1.54) is 0 Å². The van der Waals surface area contributed by atoms with E-state index < -0.39 is 0 Å². The van der Waals surface area contributed by atoms with E-state index in [9.17, 15) is 4.79 Å².